The molecule has 104 valence electrons. The zero-order valence-electron chi connectivity index (χ0n) is 10.8. The van der Waals surface area contributed by atoms with Crippen LogP contribution >= 0.6 is 0 Å². The molecule has 0 spiro atoms. The van der Waals surface area contributed by atoms with Gasteiger partial charge in [-0.15, -0.1) is 0 Å². The lowest BCUT2D eigenvalue weighted by Crippen LogP contribution is -2.27. The van der Waals surface area contributed by atoms with E-state index in [1.165, 1.54) is 0 Å². The van der Waals surface area contributed by atoms with Crippen molar-refractivity contribution in [1.82, 2.24) is 5.32 Å². The molecule has 2 rings (SSSR count). The number of carboxylic acid groups (broad SMARTS) is 1. The van der Waals surface area contributed by atoms with Gasteiger partial charge in [0.05, 0.1) is 0 Å². The molecule has 20 heavy (non-hydrogen) atoms. The third-order valence-corrected chi connectivity index (χ3v) is 3.03. The molecule has 0 aliphatic rings. The number of rotatable bonds is 5. The number of amides is 1. The van der Waals surface area contributed by atoms with E-state index in [4.69, 9.17) is 0 Å². The van der Waals surface area contributed by atoms with E-state index in [2.05, 4.69) is 5.32 Å². The molecule has 0 heterocycles. The third kappa shape index (κ3) is 3.26. The first-order valence-electron chi connectivity index (χ1n) is 6.24. The number of hydrogen-bond donors (Lipinski definition) is 2. The molecule has 0 aromatic heterocycles. The molecule has 2 N–H and O–H groups in total. The van der Waals surface area contributed by atoms with Gasteiger partial charge in [0, 0.05) is 24.5 Å². The molecule has 0 aliphatic carbocycles. The Kier molecular flexibility index (Phi) is 4.20. The van der Waals surface area contributed by atoms with Gasteiger partial charge in [-0.3, -0.25) is 4.79 Å². The van der Waals surface area contributed by atoms with E-state index < -0.39 is 5.97 Å². The molecule has 0 bridgehead atoms. The Morgan fingerprint density at radius 2 is 1.85 bits per heavy atom. The molecular weight excluding hydrogens is 258 g/mol. The monoisotopic (exact) mass is 272 g/mol. The van der Waals surface area contributed by atoms with Crippen molar-refractivity contribution in [2.45, 2.75) is 19.4 Å². The smallest absolute Gasteiger partial charge is 0.220 e. The molecule has 0 aliphatic heterocycles. The number of aliphatic carboxylic acids is 1. The zero-order chi connectivity index (χ0) is 14.5. The van der Waals surface area contributed by atoms with Gasteiger partial charge in [0.15, 0.2) is 0 Å². The van der Waals surface area contributed by atoms with Crippen LogP contribution in [0.25, 0.3) is 10.8 Å². The molecule has 0 saturated heterocycles. The van der Waals surface area contributed by atoms with E-state index in [9.17, 15) is 19.8 Å². The summed E-state index contributed by atoms with van der Waals surface area (Å²) in [6.07, 6.45) is -0.443. The van der Waals surface area contributed by atoms with Crippen LogP contribution in [-0.2, 0) is 16.1 Å². The van der Waals surface area contributed by atoms with Crippen molar-refractivity contribution in [2.24, 2.45) is 0 Å². The Morgan fingerprint density at radius 1 is 1.10 bits per heavy atom. The van der Waals surface area contributed by atoms with Gasteiger partial charge in [-0.25, -0.2) is 0 Å². The van der Waals surface area contributed by atoms with Crippen molar-refractivity contribution in [1.29, 1.82) is 0 Å². The van der Waals surface area contributed by atoms with Gasteiger partial charge in [-0.1, -0.05) is 30.3 Å². The van der Waals surface area contributed by atoms with Crippen molar-refractivity contribution in [3.8, 4) is 5.75 Å². The van der Waals surface area contributed by atoms with Crippen LogP contribution in [0.15, 0.2) is 36.4 Å². The van der Waals surface area contributed by atoms with Gasteiger partial charge in [0.2, 0.25) is 5.91 Å². The fraction of sp³-hybridized carbons (Fsp3) is 0.200. The van der Waals surface area contributed by atoms with Crippen molar-refractivity contribution in [3.05, 3.63) is 42.0 Å². The standard InChI is InChI=1S/C15H15NO4/c17-13-6-5-10-3-1-2-4-11(10)12(13)9-16-14(18)7-8-15(19)20/h1-6,17H,7-9H2,(H,16,18)(H,19,20)/p-1. The summed E-state index contributed by atoms with van der Waals surface area (Å²) in [5.74, 6) is -1.54. The first-order valence-corrected chi connectivity index (χ1v) is 6.24. The van der Waals surface area contributed by atoms with E-state index in [1.54, 1.807) is 12.1 Å². The largest absolute Gasteiger partial charge is 0.550 e. The summed E-state index contributed by atoms with van der Waals surface area (Å²) in [7, 11) is 0. The predicted molar refractivity (Wildman–Crippen MR) is 71.7 cm³/mol. The summed E-state index contributed by atoms with van der Waals surface area (Å²) in [5.41, 5.74) is 0.616. The summed E-state index contributed by atoms with van der Waals surface area (Å²) >= 11 is 0. The third-order valence-electron chi connectivity index (χ3n) is 3.03. The van der Waals surface area contributed by atoms with Crippen LogP contribution in [0.2, 0.25) is 0 Å². The molecule has 2 aromatic carbocycles. The maximum atomic E-state index is 11.5. The summed E-state index contributed by atoms with van der Waals surface area (Å²) < 4.78 is 0. The van der Waals surface area contributed by atoms with Gasteiger partial charge in [0.1, 0.15) is 5.75 Å². The average molecular weight is 272 g/mol. The number of carboxylic acids is 1. The average Bonchev–Trinajstić information content (AvgIpc) is 2.44. The van der Waals surface area contributed by atoms with Crippen molar-refractivity contribution >= 4 is 22.6 Å². The molecule has 1 amide bonds. The molecule has 5 heteroatoms. The molecule has 0 atom stereocenters. The topological polar surface area (TPSA) is 89.5 Å². The minimum absolute atomic E-state index is 0.101. The van der Waals surface area contributed by atoms with Gasteiger partial charge in [0.25, 0.3) is 0 Å². The van der Waals surface area contributed by atoms with Gasteiger partial charge < -0.3 is 20.3 Å². The second-order valence-corrected chi connectivity index (χ2v) is 4.43. The number of phenolic OH excluding ortho intramolecular Hbond substituents is 1. The molecule has 0 radical (unpaired) electrons. The van der Waals surface area contributed by atoms with E-state index in [-0.39, 0.29) is 31.0 Å². The number of carbonyl (C=O) groups is 2. The number of carbonyl (C=O) groups excluding carboxylic acids is 2. The van der Waals surface area contributed by atoms with E-state index in [0.29, 0.717) is 5.56 Å². The van der Waals surface area contributed by atoms with E-state index in [1.807, 2.05) is 24.3 Å². The first-order chi connectivity index (χ1) is 9.58. The minimum atomic E-state index is -1.26. The molecule has 5 nitrogen and oxygen atoms in total. The Balaban J connectivity index is 2.11. The highest BCUT2D eigenvalue weighted by molar-refractivity contribution is 5.88. The van der Waals surface area contributed by atoms with Crippen molar-refractivity contribution < 1.29 is 19.8 Å². The number of hydrogen-bond acceptors (Lipinski definition) is 4. The predicted octanol–water partition coefficient (Wildman–Crippen LogP) is 0.692. The number of benzene rings is 2. The Bertz CT molecular complexity index is 651. The van der Waals surface area contributed by atoms with Gasteiger partial charge in [-0.05, 0) is 23.3 Å². The zero-order valence-corrected chi connectivity index (χ0v) is 10.8. The summed E-state index contributed by atoms with van der Waals surface area (Å²) in [5, 5.41) is 24.6. The van der Waals surface area contributed by atoms with Crippen LogP contribution in [0.1, 0.15) is 18.4 Å². The van der Waals surface area contributed by atoms with Crippen LogP contribution in [0.3, 0.4) is 0 Å². The highest BCUT2D eigenvalue weighted by Gasteiger charge is 2.08. The highest BCUT2D eigenvalue weighted by atomic mass is 16.4. The molecule has 2 aromatic rings. The Hall–Kier alpha value is -2.56. The van der Waals surface area contributed by atoms with Crippen LogP contribution in [0.5, 0.6) is 5.75 Å². The lowest BCUT2D eigenvalue weighted by Gasteiger charge is -2.10. The fourth-order valence-electron chi connectivity index (χ4n) is 2.00. The lowest BCUT2D eigenvalue weighted by atomic mass is 10.0. The summed E-state index contributed by atoms with van der Waals surface area (Å²) in [6, 6.07) is 10.9. The normalized spacial score (nSPS) is 10.4. The van der Waals surface area contributed by atoms with E-state index >= 15 is 0 Å². The fourth-order valence-corrected chi connectivity index (χ4v) is 2.00. The first kappa shape index (κ1) is 13.9. The second-order valence-electron chi connectivity index (χ2n) is 4.43. The van der Waals surface area contributed by atoms with Crippen molar-refractivity contribution in [2.75, 3.05) is 0 Å². The van der Waals surface area contributed by atoms with Crippen LogP contribution in [0.4, 0.5) is 0 Å². The molecule has 0 saturated carbocycles. The van der Waals surface area contributed by atoms with Crippen LogP contribution in [-0.4, -0.2) is 17.0 Å². The van der Waals surface area contributed by atoms with Gasteiger partial charge >= 0.3 is 0 Å². The maximum Gasteiger partial charge on any atom is 0.220 e. The van der Waals surface area contributed by atoms with Gasteiger partial charge in [-0.2, -0.15) is 0 Å². The number of phenols is 1. The molecule has 0 unspecified atom stereocenters. The SMILES string of the molecule is O=C([O-])CCC(=O)NCc1c(O)ccc2ccccc12. The molecule has 0 fully saturated rings. The quantitative estimate of drug-likeness (QED) is 0.838. The second kappa shape index (κ2) is 6.06. The van der Waals surface area contributed by atoms with Crippen LogP contribution < -0.4 is 10.4 Å². The number of nitrogens with one attached hydrogen (secondary N) is 1. The highest BCUT2D eigenvalue weighted by Crippen LogP contribution is 2.26. The summed E-state index contributed by atoms with van der Waals surface area (Å²) in [4.78, 5) is 21.8. The maximum absolute atomic E-state index is 11.5. The lowest BCUT2D eigenvalue weighted by molar-refractivity contribution is -0.305. The molecular formula is C15H14NO4-. The van der Waals surface area contributed by atoms with Crippen molar-refractivity contribution in [3.63, 3.8) is 0 Å². The van der Waals surface area contributed by atoms with E-state index in [0.717, 1.165) is 10.8 Å². The Morgan fingerprint density at radius 3 is 2.60 bits per heavy atom. The number of aromatic hydroxyl groups is 1. The van der Waals surface area contributed by atoms with Crippen LogP contribution in [0, 0.1) is 0 Å². The Labute approximate surface area is 115 Å². The summed E-state index contributed by atoms with van der Waals surface area (Å²) in [6.45, 7) is 0.152. The minimum Gasteiger partial charge on any atom is -0.550 e. The number of fused-ring (bicyclic) bond motifs is 1.